The molecule has 0 aliphatic heterocycles. The second kappa shape index (κ2) is 10.0. The SMILES string of the molecule is C=C(C)c1ccc(Cc2ccc3scc(C4=C(C)C=C(C(CC)CCC)CC4)c3c2)cc1. The molecular formula is C31H36S. The molecule has 32 heavy (non-hydrogen) atoms. The molecular weight excluding hydrogens is 404 g/mol. The zero-order chi connectivity index (χ0) is 22.7. The molecule has 1 aliphatic carbocycles. The molecule has 1 unspecified atom stereocenters. The summed E-state index contributed by atoms with van der Waals surface area (Å²) in [6.45, 7) is 13.1. The van der Waals surface area contributed by atoms with Crippen LogP contribution in [0.5, 0.6) is 0 Å². The van der Waals surface area contributed by atoms with Gasteiger partial charge in [0.05, 0.1) is 0 Å². The number of hydrogen-bond donors (Lipinski definition) is 0. The van der Waals surface area contributed by atoms with Gasteiger partial charge in [0.1, 0.15) is 0 Å². The summed E-state index contributed by atoms with van der Waals surface area (Å²) >= 11 is 1.88. The van der Waals surface area contributed by atoms with Crippen molar-refractivity contribution in [3.05, 3.63) is 93.9 Å². The molecule has 1 aliphatic rings. The third kappa shape index (κ3) is 4.84. The molecule has 0 fully saturated rings. The zero-order valence-corrected chi connectivity index (χ0v) is 20.9. The van der Waals surface area contributed by atoms with Gasteiger partial charge < -0.3 is 0 Å². The molecule has 166 valence electrons. The lowest BCUT2D eigenvalue weighted by molar-refractivity contribution is 0.516. The lowest BCUT2D eigenvalue weighted by Gasteiger charge is -2.24. The smallest absolute Gasteiger partial charge is 0.0349 e. The predicted molar refractivity (Wildman–Crippen MR) is 144 cm³/mol. The summed E-state index contributed by atoms with van der Waals surface area (Å²) in [6, 6.07) is 15.9. The van der Waals surface area contributed by atoms with E-state index in [1.54, 1.807) is 11.1 Å². The van der Waals surface area contributed by atoms with Crippen LogP contribution in [0.3, 0.4) is 0 Å². The van der Waals surface area contributed by atoms with Crippen LogP contribution in [0.15, 0.2) is 71.6 Å². The van der Waals surface area contributed by atoms with Gasteiger partial charge in [0.15, 0.2) is 0 Å². The molecule has 0 nitrogen and oxygen atoms in total. The van der Waals surface area contributed by atoms with E-state index in [2.05, 4.69) is 88.2 Å². The van der Waals surface area contributed by atoms with Crippen molar-refractivity contribution in [1.82, 2.24) is 0 Å². The van der Waals surface area contributed by atoms with Crippen LogP contribution in [0.25, 0.3) is 21.2 Å². The Kier molecular flexibility index (Phi) is 7.16. The average Bonchev–Trinajstić information content (AvgIpc) is 3.21. The fourth-order valence-corrected chi connectivity index (χ4v) is 6.09. The monoisotopic (exact) mass is 440 g/mol. The van der Waals surface area contributed by atoms with Crippen molar-refractivity contribution in [2.24, 2.45) is 5.92 Å². The van der Waals surface area contributed by atoms with Gasteiger partial charge >= 0.3 is 0 Å². The minimum absolute atomic E-state index is 0.763. The van der Waals surface area contributed by atoms with E-state index in [-0.39, 0.29) is 0 Å². The van der Waals surface area contributed by atoms with E-state index in [4.69, 9.17) is 0 Å². The highest BCUT2D eigenvalue weighted by Gasteiger charge is 2.20. The van der Waals surface area contributed by atoms with Crippen LogP contribution in [0.1, 0.15) is 82.1 Å². The lowest BCUT2D eigenvalue weighted by atomic mass is 9.81. The third-order valence-electron chi connectivity index (χ3n) is 7.01. The highest BCUT2D eigenvalue weighted by atomic mass is 32.1. The highest BCUT2D eigenvalue weighted by Crippen LogP contribution is 2.41. The van der Waals surface area contributed by atoms with Gasteiger partial charge in [-0.25, -0.2) is 0 Å². The minimum atomic E-state index is 0.763. The molecule has 0 bridgehead atoms. The van der Waals surface area contributed by atoms with E-state index >= 15 is 0 Å². The maximum atomic E-state index is 4.05. The van der Waals surface area contributed by atoms with E-state index in [0.717, 1.165) is 17.9 Å². The Balaban J connectivity index is 1.63. The van der Waals surface area contributed by atoms with Crippen LogP contribution in [0, 0.1) is 5.92 Å². The molecule has 0 radical (unpaired) electrons. The fourth-order valence-electron chi connectivity index (χ4n) is 5.14. The van der Waals surface area contributed by atoms with Crippen molar-refractivity contribution in [2.75, 3.05) is 0 Å². The number of allylic oxidation sites excluding steroid dienone is 5. The highest BCUT2D eigenvalue weighted by molar-refractivity contribution is 7.17. The van der Waals surface area contributed by atoms with Gasteiger partial charge in [-0.2, -0.15) is 0 Å². The van der Waals surface area contributed by atoms with Crippen LogP contribution in [0.2, 0.25) is 0 Å². The number of fused-ring (bicyclic) bond motifs is 1. The maximum absolute atomic E-state index is 4.05. The van der Waals surface area contributed by atoms with Crippen molar-refractivity contribution in [3.8, 4) is 0 Å². The van der Waals surface area contributed by atoms with Gasteiger partial charge in [-0.15, -0.1) is 11.3 Å². The second-order valence-electron chi connectivity index (χ2n) is 9.41. The van der Waals surface area contributed by atoms with E-state index in [1.165, 1.54) is 70.0 Å². The van der Waals surface area contributed by atoms with Crippen molar-refractivity contribution in [1.29, 1.82) is 0 Å². The Hall–Kier alpha value is -2.38. The summed E-state index contributed by atoms with van der Waals surface area (Å²) in [4.78, 5) is 0. The first kappa shape index (κ1) is 22.8. The van der Waals surface area contributed by atoms with Gasteiger partial charge in [-0.05, 0) is 103 Å². The largest absolute Gasteiger partial charge is 0.143 e. The Morgan fingerprint density at radius 3 is 2.44 bits per heavy atom. The molecule has 1 atom stereocenters. The molecule has 3 aromatic rings. The Morgan fingerprint density at radius 1 is 1.03 bits per heavy atom. The summed E-state index contributed by atoms with van der Waals surface area (Å²) < 4.78 is 1.40. The first-order chi connectivity index (χ1) is 15.5. The molecule has 1 heterocycles. The Bertz CT molecular complexity index is 1170. The Morgan fingerprint density at radius 2 is 1.78 bits per heavy atom. The van der Waals surface area contributed by atoms with Gasteiger partial charge in [0.2, 0.25) is 0 Å². The van der Waals surface area contributed by atoms with E-state index < -0.39 is 0 Å². The first-order valence-corrected chi connectivity index (χ1v) is 13.0. The van der Waals surface area contributed by atoms with E-state index in [9.17, 15) is 0 Å². The number of thiophene rings is 1. The van der Waals surface area contributed by atoms with Gasteiger partial charge in [0, 0.05) is 10.1 Å². The minimum Gasteiger partial charge on any atom is -0.143 e. The third-order valence-corrected chi connectivity index (χ3v) is 7.98. The first-order valence-electron chi connectivity index (χ1n) is 12.2. The van der Waals surface area contributed by atoms with Crippen LogP contribution in [-0.2, 0) is 6.42 Å². The number of benzene rings is 2. The average molecular weight is 441 g/mol. The van der Waals surface area contributed by atoms with Crippen LogP contribution < -0.4 is 0 Å². The topological polar surface area (TPSA) is 0 Å². The molecule has 0 amide bonds. The summed E-state index contributed by atoms with van der Waals surface area (Å²) in [5, 5.41) is 3.81. The predicted octanol–water partition coefficient (Wildman–Crippen LogP) is 9.85. The summed E-state index contributed by atoms with van der Waals surface area (Å²) in [6.07, 6.45) is 9.74. The molecule has 1 heteroatoms. The fraction of sp³-hybridized carbons (Fsp3) is 0.355. The van der Waals surface area contributed by atoms with E-state index in [0.29, 0.717) is 0 Å². The zero-order valence-electron chi connectivity index (χ0n) is 20.1. The molecule has 1 aromatic heterocycles. The maximum Gasteiger partial charge on any atom is 0.0349 e. The lowest BCUT2D eigenvalue weighted by Crippen LogP contribution is -2.07. The van der Waals surface area contributed by atoms with Gasteiger partial charge in [0.25, 0.3) is 0 Å². The summed E-state index contributed by atoms with van der Waals surface area (Å²) in [5.41, 5.74) is 11.2. The van der Waals surface area contributed by atoms with Crippen LogP contribution in [-0.4, -0.2) is 0 Å². The molecule has 4 rings (SSSR count). The summed E-state index contributed by atoms with van der Waals surface area (Å²) in [7, 11) is 0. The van der Waals surface area contributed by atoms with Crippen molar-refractivity contribution >= 4 is 32.6 Å². The Labute approximate surface area is 198 Å². The normalized spacial score (nSPS) is 15.2. The van der Waals surface area contributed by atoms with Crippen molar-refractivity contribution in [3.63, 3.8) is 0 Å². The van der Waals surface area contributed by atoms with Gasteiger partial charge in [-0.3, -0.25) is 0 Å². The number of rotatable bonds is 8. The van der Waals surface area contributed by atoms with Crippen molar-refractivity contribution < 1.29 is 0 Å². The molecule has 0 spiro atoms. The van der Waals surface area contributed by atoms with Crippen LogP contribution >= 0.6 is 11.3 Å². The summed E-state index contributed by atoms with van der Waals surface area (Å²) in [5.74, 6) is 0.763. The molecule has 0 N–H and O–H groups in total. The van der Waals surface area contributed by atoms with Crippen LogP contribution in [0.4, 0.5) is 0 Å². The van der Waals surface area contributed by atoms with Crippen molar-refractivity contribution in [2.45, 2.75) is 66.2 Å². The standard InChI is InChI=1S/C31H36S/c1-6-8-25(7-2)27-14-15-28(22(5)17-27)30-20-32-31-16-11-24(19-29(30)31)18-23-9-12-26(13-10-23)21(3)4/h9-13,16-17,19-20,25H,3,6-8,14-15,18H2,1-2,4-5H3. The quantitative estimate of drug-likeness (QED) is 0.327. The molecule has 2 aromatic carbocycles. The number of hydrogen-bond acceptors (Lipinski definition) is 1. The second-order valence-corrected chi connectivity index (χ2v) is 10.3. The molecule has 0 saturated heterocycles. The van der Waals surface area contributed by atoms with Gasteiger partial charge in [-0.1, -0.05) is 74.4 Å². The van der Waals surface area contributed by atoms with E-state index in [1.807, 2.05) is 11.3 Å². The molecule has 0 saturated carbocycles.